The summed E-state index contributed by atoms with van der Waals surface area (Å²) in [5.41, 5.74) is 5.75. The number of carbonyl (C=O) groups excluding carboxylic acids is 4. The Morgan fingerprint density at radius 3 is 2.43 bits per heavy atom. The van der Waals surface area contributed by atoms with Crippen LogP contribution in [-0.4, -0.2) is 35.2 Å². The van der Waals surface area contributed by atoms with Gasteiger partial charge >= 0.3 is 6.03 Å². The predicted octanol–water partition coefficient (Wildman–Crippen LogP) is 0.597. The molecule has 1 fully saturated rings. The molecule has 3 N–H and O–H groups in total. The number of benzene rings is 1. The maximum absolute atomic E-state index is 12.6. The molecule has 1 atom stereocenters. The van der Waals surface area contributed by atoms with Crippen molar-refractivity contribution in [3.05, 3.63) is 35.4 Å². The number of rotatable bonds is 4. The van der Waals surface area contributed by atoms with Crippen LogP contribution in [0.4, 0.5) is 4.79 Å². The number of hydrogen-bond acceptors (Lipinski definition) is 4. The zero-order valence-electron chi connectivity index (χ0n) is 13.1. The molecule has 1 aliphatic heterocycles. The van der Waals surface area contributed by atoms with Crippen LogP contribution in [0.3, 0.4) is 0 Å². The molecule has 1 aliphatic rings. The quantitative estimate of drug-likeness (QED) is 0.792. The maximum Gasteiger partial charge on any atom is 0.318 e. The molecule has 0 radical (unpaired) electrons. The van der Waals surface area contributed by atoms with E-state index in [0.717, 1.165) is 16.0 Å². The van der Waals surface area contributed by atoms with Crippen LogP contribution in [0.25, 0.3) is 0 Å². The van der Waals surface area contributed by atoms with E-state index < -0.39 is 17.4 Å². The summed E-state index contributed by atoms with van der Waals surface area (Å²) < 4.78 is 0. The van der Waals surface area contributed by atoms with Crippen molar-refractivity contribution in [2.75, 3.05) is 6.54 Å². The van der Waals surface area contributed by atoms with E-state index >= 15 is 0 Å². The topological polar surface area (TPSA) is 110 Å². The number of carbonyl (C=O) groups is 4. The summed E-state index contributed by atoms with van der Waals surface area (Å²) in [4.78, 5) is 47.9. The van der Waals surface area contributed by atoms with Gasteiger partial charge in [-0.3, -0.25) is 24.6 Å². The molecule has 2 rings (SSSR count). The fourth-order valence-electron chi connectivity index (χ4n) is 2.67. The molecule has 1 aromatic rings. The van der Waals surface area contributed by atoms with E-state index in [2.05, 4.69) is 0 Å². The number of hydrogen-bond donors (Lipinski definition) is 2. The molecule has 0 aromatic heterocycles. The van der Waals surface area contributed by atoms with Crippen molar-refractivity contribution >= 4 is 23.8 Å². The summed E-state index contributed by atoms with van der Waals surface area (Å²) in [6, 6.07) is 6.49. The van der Waals surface area contributed by atoms with Crippen molar-refractivity contribution in [2.24, 2.45) is 5.73 Å². The van der Waals surface area contributed by atoms with E-state index in [4.69, 9.17) is 5.73 Å². The second kappa shape index (κ2) is 6.20. The summed E-state index contributed by atoms with van der Waals surface area (Å²) in [6.45, 7) is 3.59. The van der Waals surface area contributed by atoms with Gasteiger partial charge in [0, 0.05) is 19.4 Å². The average Bonchev–Trinajstić information content (AvgIpc) is 2.68. The third kappa shape index (κ3) is 3.39. The molecular weight excluding hydrogens is 298 g/mol. The Morgan fingerprint density at radius 1 is 1.26 bits per heavy atom. The number of nitrogens with two attached hydrogens (primary N) is 1. The molecule has 1 saturated heterocycles. The summed E-state index contributed by atoms with van der Waals surface area (Å²) in [6.07, 6.45) is -0.100. The van der Waals surface area contributed by atoms with Crippen LogP contribution in [0.2, 0.25) is 0 Å². The third-order valence-corrected chi connectivity index (χ3v) is 4.04. The van der Waals surface area contributed by atoms with Gasteiger partial charge in [0.2, 0.25) is 17.7 Å². The molecular formula is C16H19N3O4. The molecule has 7 heteroatoms. The second-order valence-electron chi connectivity index (χ2n) is 5.89. The number of imide groups is 2. The molecule has 0 spiro atoms. The highest BCUT2D eigenvalue weighted by Crippen LogP contribution is 2.36. The van der Waals surface area contributed by atoms with Crippen LogP contribution in [0.1, 0.15) is 30.9 Å². The van der Waals surface area contributed by atoms with E-state index in [1.807, 2.05) is 36.5 Å². The first-order valence-electron chi connectivity index (χ1n) is 7.25. The Balaban J connectivity index is 2.11. The van der Waals surface area contributed by atoms with E-state index in [-0.39, 0.29) is 31.2 Å². The number of amides is 5. The third-order valence-electron chi connectivity index (χ3n) is 4.04. The van der Waals surface area contributed by atoms with Gasteiger partial charge in [-0.05, 0) is 19.4 Å². The van der Waals surface area contributed by atoms with Gasteiger partial charge in [-0.15, -0.1) is 0 Å². The fraction of sp³-hybridized carbons (Fsp3) is 0.375. The molecule has 122 valence electrons. The lowest BCUT2D eigenvalue weighted by Crippen LogP contribution is -2.40. The highest BCUT2D eigenvalue weighted by Gasteiger charge is 2.49. The number of nitrogens with zero attached hydrogens (tertiary/aromatic N) is 1. The highest BCUT2D eigenvalue weighted by molar-refractivity contribution is 6.09. The van der Waals surface area contributed by atoms with Gasteiger partial charge in [-0.25, -0.2) is 4.79 Å². The SMILES string of the molecule is Cc1ccc(C2(C)CC(=O)N(CCC(=O)NC(N)=O)C2=O)cc1. The van der Waals surface area contributed by atoms with Crippen molar-refractivity contribution in [2.45, 2.75) is 32.1 Å². The Hall–Kier alpha value is -2.70. The Bertz CT molecular complexity index is 668. The highest BCUT2D eigenvalue weighted by atomic mass is 16.2. The Morgan fingerprint density at radius 2 is 1.87 bits per heavy atom. The Labute approximate surface area is 133 Å². The van der Waals surface area contributed by atoms with Crippen molar-refractivity contribution in [1.82, 2.24) is 10.2 Å². The van der Waals surface area contributed by atoms with Gasteiger partial charge in [-0.2, -0.15) is 0 Å². The predicted molar refractivity (Wildman–Crippen MR) is 82.2 cm³/mol. The van der Waals surface area contributed by atoms with Crippen molar-refractivity contribution in [1.29, 1.82) is 0 Å². The molecule has 7 nitrogen and oxygen atoms in total. The number of nitrogens with one attached hydrogen (secondary N) is 1. The van der Waals surface area contributed by atoms with Gasteiger partial charge in [0.25, 0.3) is 0 Å². The lowest BCUT2D eigenvalue weighted by Gasteiger charge is -2.22. The molecule has 0 saturated carbocycles. The maximum atomic E-state index is 12.6. The molecule has 1 aromatic carbocycles. The normalized spacial score (nSPS) is 20.7. The van der Waals surface area contributed by atoms with Gasteiger partial charge < -0.3 is 5.73 Å². The van der Waals surface area contributed by atoms with Gasteiger partial charge in [0.05, 0.1) is 5.41 Å². The lowest BCUT2D eigenvalue weighted by atomic mass is 9.81. The average molecular weight is 317 g/mol. The standard InChI is InChI=1S/C16H19N3O4/c1-10-3-5-11(6-4-10)16(2)9-13(21)19(14(16)22)8-7-12(20)18-15(17)23/h3-6H,7-9H2,1-2H3,(H3,17,18,20,23). The monoisotopic (exact) mass is 317 g/mol. The van der Waals surface area contributed by atoms with Crippen molar-refractivity contribution in [3.63, 3.8) is 0 Å². The number of primary amides is 1. The number of urea groups is 1. The van der Waals surface area contributed by atoms with Crippen LogP contribution >= 0.6 is 0 Å². The van der Waals surface area contributed by atoms with Crippen LogP contribution in [0, 0.1) is 6.92 Å². The summed E-state index contributed by atoms with van der Waals surface area (Å²) >= 11 is 0. The van der Waals surface area contributed by atoms with E-state index in [1.54, 1.807) is 6.92 Å². The first-order valence-corrected chi connectivity index (χ1v) is 7.25. The molecule has 0 bridgehead atoms. The summed E-state index contributed by atoms with van der Waals surface area (Å²) in [7, 11) is 0. The lowest BCUT2D eigenvalue weighted by molar-refractivity contribution is -0.140. The molecule has 5 amide bonds. The minimum absolute atomic E-state index is 0.0618. The van der Waals surface area contributed by atoms with E-state index in [9.17, 15) is 19.2 Å². The van der Waals surface area contributed by atoms with Crippen LogP contribution in [-0.2, 0) is 19.8 Å². The molecule has 1 unspecified atom stereocenters. The van der Waals surface area contributed by atoms with Gasteiger partial charge in [0.1, 0.15) is 0 Å². The van der Waals surface area contributed by atoms with Gasteiger partial charge in [0.15, 0.2) is 0 Å². The summed E-state index contributed by atoms with van der Waals surface area (Å²) in [5.74, 6) is -1.29. The van der Waals surface area contributed by atoms with Crippen LogP contribution in [0.15, 0.2) is 24.3 Å². The Kier molecular flexibility index (Phi) is 4.49. The molecule has 0 aliphatic carbocycles. The van der Waals surface area contributed by atoms with Crippen molar-refractivity contribution < 1.29 is 19.2 Å². The van der Waals surface area contributed by atoms with Crippen LogP contribution < -0.4 is 11.1 Å². The largest absolute Gasteiger partial charge is 0.351 e. The second-order valence-corrected chi connectivity index (χ2v) is 5.89. The zero-order valence-corrected chi connectivity index (χ0v) is 13.1. The number of likely N-dealkylation sites (tertiary alicyclic amines) is 1. The minimum atomic E-state index is -0.960. The summed E-state index contributed by atoms with van der Waals surface area (Å²) in [5, 5.41) is 1.91. The van der Waals surface area contributed by atoms with Crippen LogP contribution in [0.5, 0.6) is 0 Å². The smallest absolute Gasteiger partial charge is 0.318 e. The fourth-order valence-corrected chi connectivity index (χ4v) is 2.67. The van der Waals surface area contributed by atoms with E-state index in [0.29, 0.717) is 0 Å². The minimum Gasteiger partial charge on any atom is -0.351 e. The van der Waals surface area contributed by atoms with E-state index in [1.165, 1.54) is 0 Å². The zero-order chi connectivity index (χ0) is 17.2. The first-order chi connectivity index (χ1) is 10.7. The first kappa shape index (κ1) is 16.7. The van der Waals surface area contributed by atoms with Gasteiger partial charge in [-0.1, -0.05) is 29.8 Å². The van der Waals surface area contributed by atoms with Crippen molar-refractivity contribution in [3.8, 4) is 0 Å². The molecule has 1 heterocycles. The molecule has 23 heavy (non-hydrogen) atoms. The number of aryl methyl sites for hydroxylation is 1.